The zero-order valence-electron chi connectivity index (χ0n) is 14.8. The number of methoxy groups -OCH3 is 2. The molecule has 2 aromatic heterocycles. The van der Waals surface area contributed by atoms with Crippen LogP contribution in [0.4, 0.5) is 4.79 Å². The molecule has 0 saturated heterocycles. The van der Waals surface area contributed by atoms with Crippen molar-refractivity contribution in [2.75, 3.05) is 14.2 Å². The number of hydrogen-bond donors (Lipinski definition) is 2. The van der Waals surface area contributed by atoms with Gasteiger partial charge in [0.25, 0.3) is 0 Å². The second kappa shape index (κ2) is 6.53. The van der Waals surface area contributed by atoms with E-state index in [0.717, 1.165) is 27.4 Å². The lowest BCUT2D eigenvalue weighted by Crippen LogP contribution is -2.17. The third-order valence-electron chi connectivity index (χ3n) is 4.34. The number of nitrogens with two attached hydrogens (primary N) is 1. The molecule has 0 saturated carbocycles. The van der Waals surface area contributed by atoms with Crippen LogP contribution in [0.1, 0.15) is 0 Å². The van der Waals surface area contributed by atoms with E-state index < -0.39 is 6.09 Å². The number of benzene rings is 2. The molecule has 0 aliphatic rings. The molecule has 0 aliphatic heterocycles. The van der Waals surface area contributed by atoms with Gasteiger partial charge < -0.3 is 24.9 Å². The molecule has 0 fully saturated rings. The van der Waals surface area contributed by atoms with E-state index in [1.54, 1.807) is 26.4 Å². The predicted octanol–water partition coefficient (Wildman–Crippen LogP) is 3.86. The smallest absolute Gasteiger partial charge is 0.411 e. The molecule has 0 aliphatic carbocycles. The Morgan fingerprint density at radius 3 is 2.59 bits per heavy atom. The SMILES string of the molecule is COc1ccc(-c2nc(OC(N)=O)cc3c2[nH]c2ccccc23)c(OC)c1. The van der Waals surface area contributed by atoms with E-state index in [2.05, 4.69) is 9.97 Å². The molecule has 0 spiro atoms. The van der Waals surface area contributed by atoms with Crippen LogP contribution < -0.4 is 19.9 Å². The fraction of sp³-hybridized carbons (Fsp3) is 0.100. The molecule has 4 aromatic rings. The summed E-state index contributed by atoms with van der Waals surface area (Å²) < 4.78 is 15.9. The Morgan fingerprint density at radius 1 is 1.04 bits per heavy atom. The summed E-state index contributed by atoms with van der Waals surface area (Å²) in [5.41, 5.74) is 8.24. The number of carbonyl (C=O) groups is 1. The molecule has 7 nitrogen and oxygen atoms in total. The minimum Gasteiger partial charge on any atom is -0.497 e. The lowest BCUT2D eigenvalue weighted by atomic mass is 10.1. The molecule has 0 bridgehead atoms. The quantitative estimate of drug-likeness (QED) is 0.573. The number of aromatic nitrogens is 2. The Bertz CT molecular complexity index is 1170. The lowest BCUT2D eigenvalue weighted by molar-refractivity contribution is 0.209. The van der Waals surface area contributed by atoms with E-state index in [1.165, 1.54) is 0 Å². The summed E-state index contributed by atoms with van der Waals surface area (Å²) in [6.45, 7) is 0. The number of fused-ring (bicyclic) bond motifs is 3. The average molecular weight is 363 g/mol. The standard InChI is InChI=1S/C20H17N3O4/c1-25-11-7-8-13(16(9-11)26-2)18-19-14(10-17(23-18)27-20(21)24)12-5-3-4-6-15(12)22-19/h3-10,22H,1-2H3,(H2,21,24). The first-order valence-electron chi connectivity index (χ1n) is 8.22. The van der Waals surface area contributed by atoms with Gasteiger partial charge in [-0.25, -0.2) is 9.78 Å². The second-order valence-corrected chi connectivity index (χ2v) is 5.89. The minimum atomic E-state index is -0.922. The molecule has 2 heterocycles. The number of nitrogens with one attached hydrogen (secondary N) is 1. The van der Waals surface area contributed by atoms with Crippen LogP contribution in [0.25, 0.3) is 33.1 Å². The minimum absolute atomic E-state index is 0.118. The maximum absolute atomic E-state index is 11.3. The first-order chi connectivity index (χ1) is 13.1. The molecule has 1 amide bonds. The molecule has 27 heavy (non-hydrogen) atoms. The van der Waals surface area contributed by atoms with Crippen LogP contribution in [0.3, 0.4) is 0 Å². The molecular weight excluding hydrogens is 346 g/mol. The summed E-state index contributed by atoms with van der Waals surface area (Å²) >= 11 is 0. The van der Waals surface area contributed by atoms with Gasteiger partial charge in [0.05, 0.1) is 19.7 Å². The van der Waals surface area contributed by atoms with E-state index in [9.17, 15) is 4.79 Å². The van der Waals surface area contributed by atoms with Crippen LogP contribution in [0.2, 0.25) is 0 Å². The zero-order valence-corrected chi connectivity index (χ0v) is 14.8. The van der Waals surface area contributed by atoms with E-state index in [1.807, 2.05) is 36.4 Å². The summed E-state index contributed by atoms with van der Waals surface area (Å²) in [6.07, 6.45) is -0.922. The number of para-hydroxylation sites is 1. The number of H-pyrrole nitrogens is 1. The highest BCUT2D eigenvalue weighted by atomic mass is 16.6. The third-order valence-corrected chi connectivity index (χ3v) is 4.34. The number of ether oxygens (including phenoxy) is 3. The van der Waals surface area contributed by atoms with E-state index >= 15 is 0 Å². The molecule has 4 rings (SSSR count). The van der Waals surface area contributed by atoms with Crippen molar-refractivity contribution in [2.45, 2.75) is 0 Å². The molecule has 0 unspecified atom stereocenters. The fourth-order valence-corrected chi connectivity index (χ4v) is 3.17. The molecule has 3 N–H and O–H groups in total. The Kier molecular flexibility index (Phi) is 4.04. The van der Waals surface area contributed by atoms with Gasteiger partial charge in [0, 0.05) is 34.0 Å². The topological polar surface area (TPSA) is 99.5 Å². The lowest BCUT2D eigenvalue weighted by Gasteiger charge is -2.12. The van der Waals surface area contributed by atoms with Crippen LogP contribution >= 0.6 is 0 Å². The van der Waals surface area contributed by atoms with Crippen molar-refractivity contribution in [3.05, 3.63) is 48.5 Å². The third kappa shape index (κ3) is 2.89. The van der Waals surface area contributed by atoms with Gasteiger partial charge in [-0.3, -0.25) is 0 Å². The number of carbonyl (C=O) groups excluding carboxylic acids is 1. The predicted molar refractivity (Wildman–Crippen MR) is 102 cm³/mol. The summed E-state index contributed by atoms with van der Waals surface area (Å²) in [5.74, 6) is 1.36. The zero-order chi connectivity index (χ0) is 19.0. The molecule has 2 aromatic carbocycles. The molecule has 0 atom stereocenters. The monoisotopic (exact) mass is 363 g/mol. The summed E-state index contributed by atoms with van der Waals surface area (Å²) in [4.78, 5) is 19.2. The van der Waals surface area contributed by atoms with E-state index in [4.69, 9.17) is 19.9 Å². The number of amides is 1. The molecule has 7 heteroatoms. The van der Waals surface area contributed by atoms with Gasteiger partial charge in [-0.1, -0.05) is 18.2 Å². The van der Waals surface area contributed by atoms with Crippen molar-refractivity contribution in [1.82, 2.24) is 9.97 Å². The maximum Gasteiger partial charge on any atom is 0.411 e. The van der Waals surface area contributed by atoms with Gasteiger partial charge in [-0.05, 0) is 18.2 Å². The van der Waals surface area contributed by atoms with Crippen molar-refractivity contribution in [1.29, 1.82) is 0 Å². The first-order valence-corrected chi connectivity index (χ1v) is 8.22. The number of nitrogens with zero attached hydrogens (tertiary/aromatic N) is 1. The number of aromatic amines is 1. The molecule has 136 valence electrons. The molecule has 0 radical (unpaired) electrons. The number of primary amides is 1. The summed E-state index contributed by atoms with van der Waals surface area (Å²) in [6, 6.07) is 15.0. The summed E-state index contributed by atoms with van der Waals surface area (Å²) in [7, 11) is 3.16. The van der Waals surface area contributed by atoms with E-state index in [0.29, 0.717) is 17.2 Å². The number of pyridine rings is 1. The van der Waals surface area contributed by atoms with Crippen LogP contribution in [-0.2, 0) is 0 Å². The van der Waals surface area contributed by atoms with Gasteiger partial charge in [0.1, 0.15) is 17.2 Å². The van der Waals surface area contributed by atoms with Gasteiger partial charge >= 0.3 is 6.09 Å². The number of hydrogen-bond acceptors (Lipinski definition) is 5. The highest BCUT2D eigenvalue weighted by Crippen LogP contribution is 2.39. The normalized spacial score (nSPS) is 10.9. The fourth-order valence-electron chi connectivity index (χ4n) is 3.17. The van der Waals surface area contributed by atoms with E-state index in [-0.39, 0.29) is 5.88 Å². The van der Waals surface area contributed by atoms with Crippen molar-refractivity contribution < 1.29 is 19.0 Å². The first kappa shape index (κ1) is 16.7. The van der Waals surface area contributed by atoms with Crippen molar-refractivity contribution in [3.8, 4) is 28.6 Å². The number of rotatable bonds is 4. The maximum atomic E-state index is 11.3. The highest BCUT2D eigenvalue weighted by Gasteiger charge is 2.18. The van der Waals surface area contributed by atoms with Gasteiger partial charge in [-0.15, -0.1) is 0 Å². The largest absolute Gasteiger partial charge is 0.497 e. The van der Waals surface area contributed by atoms with Crippen molar-refractivity contribution >= 4 is 27.9 Å². The average Bonchev–Trinajstić information content (AvgIpc) is 3.05. The van der Waals surface area contributed by atoms with Gasteiger partial charge in [0.2, 0.25) is 5.88 Å². The molecular formula is C20H17N3O4. The van der Waals surface area contributed by atoms with Crippen LogP contribution in [-0.4, -0.2) is 30.3 Å². The Labute approximate surface area is 154 Å². The van der Waals surface area contributed by atoms with Crippen LogP contribution in [0.5, 0.6) is 17.4 Å². The second-order valence-electron chi connectivity index (χ2n) is 5.89. The van der Waals surface area contributed by atoms with Gasteiger partial charge in [-0.2, -0.15) is 0 Å². The van der Waals surface area contributed by atoms with Gasteiger partial charge in [0.15, 0.2) is 0 Å². The van der Waals surface area contributed by atoms with Crippen LogP contribution in [0.15, 0.2) is 48.5 Å². The van der Waals surface area contributed by atoms with Crippen molar-refractivity contribution in [2.24, 2.45) is 5.73 Å². The summed E-state index contributed by atoms with van der Waals surface area (Å²) in [5, 5.41) is 1.85. The Morgan fingerprint density at radius 2 is 1.85 bits per heavy atom. The van der Waals surface area contributed by atoms with Crippen molar-refractivity contribution in [3.63, 3.8) is 0 Å². The van der Waals surface area contributed by atoms with Crippen LogP contribution in [0, 0.1) is 0 Å². The highest BCUT2D eigenvalue weighted by molar-refractivity contribution is 6.11. The Hall–Kier alpha value is -3.74. The Balaban J connectivity index is 2.05.